The van der Waals surface area contributed by atoms with Crippen molar-refractivity contribution in [1.29, 1.82) is 0 Å². The van der Waals surface area contributed by atoms with Crippen LogP contribution in [-0.4, -0.2) is 98.6 Å². The lowest BCUT2D eigenvalue weighted by atomic mass is 9.91. The van der Waals surface area contributed by atoms with Crippen LogP contribution in [0.5, 0.6) is 0 Å². The van der Waals surface area contributed by atoms with Crippen molar-refractivity contribution in [2.24, 2.45) is 11.8 Å². The monoisotopic (exact) mass is 382 g/mol. The predicted molar refractivity (Wildman–Crippen MR) is 107 cm³/mol. The molecule has 0 aliphatic carbocycles. The summed E-state index contributed by atoms with van der Waals surface area (Å²) in [6, 6.07) is -0.0764. The quantitative estimate of drug-likeness (QED) is 0.625. The fraction of sp³-hybridized carbons (Fsp3) is 0.900. The number of hydrogen-bond donors (Lipinski definition) is 1. The molecule has 2 amide bonds. The third-order valence-corrected chi connectivity index (χ3v) is 5.71. The number of nitrogens with one attached hydrogen (secondary N) is 1. The zero-order valence-corrected chi connectivity index (χ0v) is 17.6. The summed E-state index contributed by atoms with van der Waals surface area (Å²) in [6.45, 7) is 13.4. The summed E-state index contributed by atoms with van der Waals surface area (Å²) in [6.07, 6.45) is 2.05. The number of rotatable bonds is 8. The number of nitrogens with zero attached hydrogens (tertiary/aromatic N) is 3. The van der Waals surface area contributed by atoms with Crippen LogP contribution < -0.4 is 5.32 Å². The molecule has 7 heteroatoms. The summed E-state index contributed by atoms with van der Waals surface area (Å²) in [4.78, 5) is 31.4. The number of piperidine rings is 1. The first-order chi connectivity index (χ1) is 12.9. The number of methoxy groups -OCH3 is 1. The van der Waals surface area contributed by atoms with Gasteiger partial charge in [0.25, 0.3) is 0 Å². The highest BCUT2D eigenvalue weighted by molar-refractivity contribution is 5.81. The van der Waals surface area contributed by atoms with E-state index in [1.807, 2.05) is 6.92 Å². The number of carbonyl (C=O) groups excluding carboxylic acids is 2. The van der Waals surface area contributed by atoms with Gasteiger partial charge < -0.3 is 15.0 Å². The molecular formula is C20H38N4O3. The van der Waals surface area contributed by atoms with Gasteiger partial charge in [-0.2, -0.15) is 0 Å². The minimum Gasteiger partial charge on any atom is -0.385 e. The lowest BCUT2D eigenvalue weighted by Gasteiger charge is -2.41. The van der Waals surface area contributed by atoms with Gasteiger partial charge in [-0.15, -0.1) is 0 Å². The Labute approximate surface area is 164 Å². The van der Waals surface area contributed by atoms with Gasteiger partial charge in [0.2, 0.25) is 11.8 Å². The van der Waals surface area contributed by atoms with Crippen LogP contribution in [0.3, 0.4) is 0 Å². The molecule has 3 atom stereocenters. The zero-order valence-electron chi connectivity index (χ0n) is 17.6. The van der Waals surface area contributed by atoms with Crippen molar-refractivity contribution in [2.45, 2.75) is 39.7 Å². The molecule has 2 heterocycles. The molecule has 2 rings (SSSR count). The van der Waals surface area contributed by atoms with Gasteiger partial charge in [-0.3, -0.25) is 19.4 Å². The van der Waals surface area contributed by atoms with Crippen LogP contribution in [0.1, 0.15) is 33.6 Å². The molecule has 0 saturated carbocycles. The van der Waals surface area contributed by atoms with Gasteiger partial charge in [-0.05, 0) is 31.6 Å². The SMILES string of the molecule is COCCCNC(=O)CN1CCN(C(C)C(=O)N2CC(C)CC(C)C2)CC1. The number of hydrogen-bond acceptors (Lipinski definition) is 5. The van der Waals surface area contributed by atoms with E-state index < -0.39 is 0 Å². The van der Waals surface area contributed by atoms with Crippen molar-refractivity contribution in [3.05, 3.63) is 0 Å². The van der Waals surface area contributed by atoms with E-state index in [9.17, 15) is 9.59 Å². The van der Waals surface area contributed by atoms with E-state index in [0.29, 0.717) is 31.5 Å². The summed E-state index contributed by atoms with van der Waals surface area (Å²) in [5.41, 5.74) is 0. The lowest BCUT2D eigenvalue weighted by molar-refractivity contribution is -0.140. The van der Waals surface area contributed by atoms with Crippen molar-refractivity contribution in [2.75, 3.05) is 66.1 Å². The second-order valence-electron chi connectivity index (χ2n) is 8.37. The predicted octanol–water partition coefficient (Wildman–Crippen LogP) is 0.650. The molecule has 0 aromatic carbocycles. The molecule has 0 bridgehead atoms. The molecule has 1 N–H and O–H groups in total. The lowest BCUT2D eigenvalue weighted by Crippen LogP contribution is -2.57. The van der Waals surface area contributed by atoms with Crippen molar-refractivity contribution in [1.82, 2.24) is 20.0 Å². The normalized spacial score (nSPS) is 26.0. The summed E-state index contributed by atoms with van der Waals surface area (Å²) < 4.78 is 4.98. The molecule has 156 valence electrons. The minimum atomic E-state index is -0.0764. The second-order valence-corrected chi connectivity index (χ2v) is 8.37. The maximum absolute atomic E-state index is 12.9. The highest BCUT2D eigenvalue weighted by Gasteiger charge is 2.32. The summed E-state index contributed by atoms with van der Waals surface area (Å²) in [7, 11) is 1.67. The van der Waals surface area contributed by atoms with Gasteiger partial charge >= 0.3 is 0 Å². The third kappa shape index (κ3) is 7.05. The van der Waals surface area contributed by atoms with Crippen LogP contribution in [0.25, 0.3) is 0 Å². The maximum Gasteiger partial charge on any atom is 0.239 e. The van der Waals surface area contributed by atoms with E-state index in [-0.39, 0.29) is 17.9 Å². The van der Waals surface area contributed by atoms with Crippen LogP contribution in [0.2, 0.25) is 0 Å². The minimum absolute atomic E-state index is 0.0694. The van der Waals surface area contributed by atoms with Gasteiger partial charge in [0.15, 0.2) is 0 Å². The molecule has 0 spiro atoms. The first kappa shape index (κ1) is 22.1. The van der Waals surface area contributed by atoms with E-state index in [2.05, 4.69) is 33.9 Å². The van der Waals surface area contributed by atoms with Crippen LogP contribution in [0.15, 0.2) is 0 Å². The van der Waals surface area contributed by atoms with Crippen LogP contribution in [-0.2, 0) is 14.3 Å². The van der Waals surface area contributed by atoms with Gasteiger partial charge in [0.1, 0.15) is 0 Å². The van der Waals surface area contributed by atoms with Gasteiger partial charge in [0, 0.05) is 59.5 Å². The summed E-state index contributed by atoms with van der Waals surface area (Å²) in [5, 5.41) is 2.93. The Balaban J connectivity index is 1.71. The Morgan fingerprint density at radius 1 is 1.11 bits per heavy atom. The Morgan fingerprint density at radius 3 is 2.33 bits per heavy atom. The topological polar surface area (TPSA) is 65.1 Å². The first-order valence-electron chi connectivity index (χ1n) is 10.4. The Bertz CT molecular complexity index is 470. The molecule has 0 aromatic rings. The molecule has 0 radical (unpaired) electrons. The molecule has 2 saturated heterocycles. The average Bonchev–Trinajstić information content (AvgIpc) is 2.64. The number of amides is 2. The number of ether oxygens (including phenoxy) is 1. The van der Waals surface area contributed by atoms with Crippen molar-refractivity contribution < 1.29 is 14.3 Å². The Morgan fingerprint density at radius 2 is 1.74 bits per heavy atom. The standard InChI is InChI=1S/C20H38N4O3/c1-16-12-17(2)14-24(13-16)20(26)18(3)23-9-7-22(8-10-23)15-19(25)21-6-5-11-27-4/h16-18H,5-15H2,1-4H3,(H,21,25). The van der Waals surface area contributed by atoms with Crippen molar-refractivity contribution >= 4 is 11.8 Å². The molecule has 2 fully saturated rings. The number of likely N-dealkylation sites (tertiary alicyclic amines) is 1. The van der Waals surface area contributed by atoms with E-state index >= 15 is 0 Å². The molecule has 2 aliphatic heterocycles. The molecule has 3 unspecified atom stereocenters. The maximum atomic E-state index is 12.9. The summed E-state index contributed by atoms with van der Waals surface area (Å²) >= 11 is 0. The fourth-order valence-corrected chi connectivity index (χ4v) is 4.28. The molecule has 2 aliphatic rings. The molecule has 27 heavy (non-hydrogen) atoms. The van der Waals surface area contributed by atoms with Crippen LogP contribution in [0.4, 0.5) is 0 Å². The number of carbonyl (C=O) groups is 2. The Kier molecular flexibility index (Phi) is 8.99. The van der Waals surface area contributed by atoms with E-state index in [0.717, 1.165) is 45.7 Å². The van der Waals surface area contributed by atoms with Gasteiger partial charge in [0.05, 0.1) is 12.6 Å². The largest absolute Gasteiger partial charge is 0.385 e. The Hall–Kier alpha value is -1.18. The van der Waals surface area contributed by atoms with Crippen LogP contribution >= 0.6 is 0 Å². The van der Waals surface area contributed by atoms with E-state index in [1.54, 1.807) is 7.11 Å². The molecular weight excluding hydrogens is 344 g/mol. The second kappa shape index (κ2) is 11.0. The highest BCUT2D eigenvalue weighted by Crippen LogP contribution is 2.22. The molecule has 7 nitrogen and oxygen atoms in total. The van der Waals surface area contributed by atoms with Crippen molar-refractivity contribution in [3.8, 4) is 0 Å². The third-order valence-electron chi connectivity index (χ3n) is 5.71. The zero-order chi connectivity index (χ0) is 19.8. The van der Waals surface area contributed by atoms with Crippen LogP contribution in [0, 0.1) is 11.8 Å². The van der Waals surface area contributed by atoms with Gasteiger partial charge in [-0.1, -0.05) is 13.8 Å². The number of piperazine rings is 1. The van der Waals surface area contributed by atoms with E-state index in [4.69, 9.17) is 4.74 Å². The highest BCUT2D eigenvalue weighted by atomic mass is 16.5. The van der Waals surface area contributed by atoms with E-state index in [1.165, 1.54) is 6.42 Å². The smallest absolute Gasteiger partial charge is 0.239 e. The first-order valence-corrected chi connectivity index (χ1v) is 10.4. The summed E-state index contributed by atoms with van der Waals surface area (Å²) in [5.74, 6) is 1.51. The molecule has 0 aromatic heterocycles. The fourth-order valence-electron chi connectivity index (χ4n) is 4.28. The van der Waals surface area contributed by atoms with Crippen molar-refractivity contribution in [3.63, 3.8) is 0 Å². The average molecular weight is 383 g/mol. The van der Waals surface area contributed by atoms with Gasteiger partial charge in [-0.25, -0.2) is 0 Å².